The van der Waals surface area contributed by atoms with Crippen molar-refractivity contribution in [2.24, 2.45) is 5.16 Å². The Labute approximate surface area is 222 Å². The molecule has 35 heavy (non-hydrogen) atoms. The number of sulfonamides is 1. The summed E-state index contributed by atoms with van der Waals surface area (Å²) in [5.74, 6) is 0.467. The first-order valence-electron chi connectivity index (χ1n) is 10.8. The van der Waals surface area contributed by atoms with E-state index in [1.807, 2.05) is 0 Å². The quantitative estimate of drug-likeness (QED) is 0.176. The van der Waals surface area contributed by atoms with Gasteiger partial charge >= 0.3 is 5.97 Å². The fourth-order valence-corrected chi connectivity index (χ4v) is 5.99. The Morgan fingerprint density at radius 1 is 1.11 bits per heavy atom. The van der Waals surface area contributed by atoms with Crippen molar-refractivity contribution in [3.8, 4) is 17.2 Å². The van der Waals surface area contributed by atoms with Gasteiger partial charge in [-0.15, -0.1) is 0 Å². The van der Waals surface area contributed by atoms with E-state index in [0.29, 0.717) is 39.1 Å². The van der Waals surface area contributed by atoms with Crippen LogP contribution in [-0.2, 0) is 24.4 Å². The number of carbonyl (C=O) groups is 1. The predicted molar refractivity (Wildman–Crippen MR) is 140 cm³/mol. The van der Waals surface area contributed by atoms with Gasteiger partial charge in [-0.25, -0.2) is 13.2 Å². The zero-order valence-electron chi connectivity index (χ0n) is 20.1. The van der Waals surface area contributed by atoms with E-state index in [0.717, 1.165) is 0 Å². The van der Waals surface area contributed by atoms with E-state index >= 15 is 0 Å². The van der Waals surface area contributed by atoms with E-state index in [9.17, 15) is 13.2 Å². The summed E-state index contributed by atoms with van der Waals surface area (Å²) in [6, 6.07) is 8.08. The summed E-state index contributed by atoms with van der Waals surface area (Å²) in [6.45, 7) is 7.72. The lowest BCUT2D eigenvalue weighted by atomic mass is 10.2. The minimum atomic E-state index is -3.77. The van der Waals surface area contributed by atoms with E-state index in [1.54, 1.807) is 52.0 Å². The molecule has 0 fully saturated rings. The van der Waals surface area contributed by atoms with Gasteiger partial charge in [0.2, 0.25) is 16.1 Å². The van der Waals surface area contributed by atoms with Crippen LogP contribution in [0.1, 0.15) is 33.3 Å². The number of nitrogens with zero attached hydrogens (tertiary/aromatic N) is 2. The highest BCUT2D eigenvalue weighted by Crippen LogP contribution is 2.39. The van der Waals surface area contributed by atoms with Gasteiger partial charge in [0, 0.05) is 19.2 Å². The lowest BCUT2D eigenvalue weighted by Crippen LogP contribution is -2.30. The van der Waals surface area contributed by atoms with Crippen LogP contribution in [0.5, 0.6) is 17.2 Å². The molecule has 0 N–H and O–H groups in total. The number of hydrogen-bond acceptors (Lipinski definition) is 8. The summed E-state index contributed by atoms with van der Waals surface area (Å²) >= 11 is 6.94. The van der Waals surface area contributed by atoms with Crippen molar-refractivity contribution in [3.63, 3.8) is 0 Å². The van der Waals surface area contributed by atoms with Crippen molar-refractivity contribution in [2.75, 3.05) is 26.8 Å². The smallest absolute Gasteiger partial charge is 0.349 e. The van der Waals surface area contributed by atoms with E-state index < -0.39 is 22.1 Å². The topological polar surface area (TPSA) is 104 Å². The van der Waals surface area contributed by atoms with Crippen molar-refractivity contribution in [1.29, 1.82) is 0 Å². The van der Waals surface area contributed by atoms with Crippen molar-refractivity contribution in [1.82, 2.24) is 4.31 Å². The zero-order valence-corrected chi connectivity index (χ0v) is 24.1. The number of halogens is 2. The van der Waals surface area contributed by atoms with Gasteiger partial charge in [-0.05, 0) is 75.5 Å². The normalized spacial score (nSPS) is 12.6. The van der Waals surface area contributed by atoms with Gasteiger partial charge in [-0.2, -0.15) is 4.31 Å². The van der Waals surface area contributed by atoms with Gasteiger partial charge < -0.3 is 19.0 Å². The van der Waals surface area contributed by atoms with Gasteiger partial charge in [0.05, 0.1) is 28.9 Å². The number of oxime groups is 1. The summed E-state index contributed by atoms with van der Waals surface area (Å²) in [7, 11) is -2.35. The monoisotopic (exact) mass is 634 g/mol. The molecule has 0 saturated heterocycles. The Kier molecular flexibility index (Phi) is 11.0. The van der Waals surface area contributed by atoms with Gasteiger partial charge in [0.15, 0.2) is 5.75 Å². The molecule has 0 saturated carbocycles. The molecule has 0 radical (unpaired) electrons. The first-order valence-corrected chi connectivity index (χ1v) is 13.8. The Morgan fingerprint density at radius 3 is 2.29 bits per heavy atom. The number of hydrogen-bond donors (Lipinski definition) is 0. The molecule has 1 unspecified atom stereocenters. The fourth-order valence-electron chi connectivity index (χ4n) is 2.98. The van der Waals surface area contributed by atoms with E-state index in [2.05, 4.69) is 37.0 Å². The van der Waals surface area contributed by atoms with Gasteiger partial charge in [0.25, 0.3) is 0 Å². The minimum Gasteiger partial charge on any atom is -0.495 e. The third kappa shape index (κ3) is 7.42. The summed E-state index contributed by atoms with van der Waals surface area (Å²) in [5.41, 5.74) is 0.659. The lowest BCUT2D eigenvalue weighted by Gasteiger charge is -2.20. The molecule has 0 aliphatic carbocycles. The third-order valence-electron chi connectivity index (χ3n) is 4.74. The van der Waals surface area contributed by atoms with E-state index in [4.69, 9.17) is 19.0 Å². The fraction of sp³-hybridized carbons (Fsp3) is 0.391. The van der Waals surface area contributed by atoms with Gasteiger partial charge in [-0.1, -0.05) is 19.0 Å². The van der Waals surface area contributed by atoms with Crippen LogP contribution in [0.2, 0.25) is 0 Å². The number of ether oxygens (including phenoxy) is 3. The second-order valence-electron chi connectivity index (χ2n) is 7.05. The van der Waals surface area contributed by atoms with Crippen LogP contribution in [0.15, 0.2) is 49.3 Å². The van der Waals surface area contributed by atoms with Crippen molar-refractivity contribution < 1.29 is 32.3 Å². The molecule has 9 nitrogen and oxygen atoms in total. The number of esters is 1. The van der Waals surface area contributed by atoms with Crippen molar-refractivity contribution >= 4 is 54.1 Å². The highest BCUT2D eigenvalue weighted by Gasteiger charge is 2.26. The van der Waals surface area contributed by atoms with Crippen LogP contribution in [0, 0.1) is 0 Å². The second-order valence-corrected chi connectivity index (χ2v) is 10.7. The molecule has 0 aromatic heterocycles. The molecule has 192 valence electrons. The maximum atomic E-state index is 13.1. The summed E-state index contributed by atoms with van der Waals surface area (Å²) in [6.07, 6.45) is 0.606. The molecule has 0 bridgehead atoms. The predicted octanol–water partition coefficient (Wildman–Crippen LogP) is 5.35. The van der Waals surface area contributed by atoms with Crippen LogP contribution in [0.4, 0.5) is 0 Å². The molecule has 0 heterocycles. The second kappa shape index (κ2) is 13.2. The third-order valence-corrected chi connectivity index (χ3v) is 7.99. The standard InChI is InChI=1S/C23H28Br2N2O7S/c1-6-27(7-2)35(29,30)21-13-17(9-10-20(21)31-5)33-22-18(24)11-16(12-19(22)25)14-26-34-15(4)23(28)32-8-3/h9-15H,6-8H2,1-5H3/b26-14-. The molecule has 12 heteroatoms. The maximum Gasteiger partial charge on any atom is 0.349 e. The molecule has 0 spiro atoms. The molecule has 0 aliphatic rings. The average Bonchev–Trinajstić information content (AvgIpc) is 2.82. The molecular weight excluding hydrogens is 608 g/mol. The van der Waals surface area contributed by atoms with Crippen LogP contribution in [0.3, 0.4) is 0 Å². The number of benzene rings is 2. The summed E-state index contributed by atoms with van der Waals surface area (Å²) < 4.78 is 44.9. The first-order chi connectivity index (χ1) is 16.6. The Balaban J connectivity index is 2.29. The Hall–Kier alpha value is -2.15. The number of rotatable bonds is 12. The number of methoxy groups -OCH3 is 1. The molecule has 0 aliphatic heterocycles. The molecule has 0 amide bonds. The summed E-state index contributed by atoms with van der Waals surface area (Å²) in [4.78, 5) is 16.8. The van der Waals surface area contributed by atoms with Gasteiger partial charge in [0.1, 0.15) is 16.4 Å². The van der Waals surface area contributed by atoms with Crippen LogP contribution >= 0.6 is 31.9 Å². The van der Waals surface area contributed by atoms with E-state index in [1.165, 1.54) is 23.7 Å². The van der Waals surface area contributed by atoms with Crippen molar-refractivity contribution in [2.45, 2.75) is 38.7 Å². The molecule has 2 rings (SSSR count). The highest BCUT2D eigenvalue weighted by molar-refractivity contribution is 9.11. The molecule has 2 aromatic carbocycles. The van der Waals surface area contributed by atoms with Crippen LogP contribution in [0.25, 0.3) is 0 Å². The minimum absolute atomic E-state index is 0.0186. The average molecular weight is 636 g/mol. The first kappa shape index (κ1) is 29.1. The largest absolute Gasteiger partial charge is 0.495 e. The molecular formula is C23H28Br2N2O7S. The lowest BCUT2D eigenvalue weighted by molar-refractivity contribution is -0.155. The Bertz CT molecular complexity index is 1150. The van der Waals surface area contributed by atoms with Crippen molar-refractivity contribution in [3.05, 3.63) is 44.8 Å². The zero-order chi connectivity index (χ0) is 26.2. The number of carbonyl (C=O) groups excluding carboxylic acids is 1. The molecule has 1 atom stereocenters. The van der Waals surface area contributed by atoms with Gasteiger partial charge in [-0.3, -0.25) is 0 Å². The van der Waals surface area contributed by atoms with Crippen LogP contribution in [-0.4, -0.2) is 57.8 Å². The SMILES string of the molecule is CCOC(=O)C(C)O/N=C\c1cc(Br)c(Oc2ccc(OC)c(S(=O)(=O)N(CC)CC)c2)c(Br)c1. The van der Waals surface area contributed by atoms with E-state index in [-0.39, 0.29) is 17.3 Å². The highest BCUT2D eigenvalue weighted by atomic mass is 79.9. The molecule has 2 aromatic rings. The summed E-state index contributed by atoms with van der Waals surface area (Å²) in [5, 5.41) is 3.84. The maximum absolute atomic E-state index is 13.1. The van der Waals surface area contributed by atoms with Crippen LogP contribution < -0.4 is 9.47 Å². The Morgan fingerprint density at radius 2 is 1.74 bits per heavy atom.